The number of hydrogen-bond acceptors (Lipinski definition) is 3. The molecule has 0 radical (unpaired) electrons. The minimum atomic E-state index is 0.364. The lowest BCUT2D eigenvalue weighted by Crippen LogP contribution is -2.54. The van der Waals surface area contributed by atoms with Crippen LogP contribution in [0.3, 0.4) is 0 Å². The molecule has 1 N–H and O–H groups in total. The van der Waals surface area contributed by atoms with Gasteiger partial charge in [0.1, 0.15) is 0 Å². The highest BCUT2D eigenvalue weighted by Gasteiger charge is 2.40. The molecule has 0 aromatic heterocycles. The van der Waals surface area contributed by atoms with Crippen molar-refractivity contribution in [3.63, 3.8) is 0 Å². The second-order valence-electron chi connectivity index (χ2n) is 5.22. The predicted octanol–water partition coefficient (Wildman–Crippen LogP) is 0.740. The lowest BCUT2D eigenvalue weighted by molar-refractivity contribution is -0.152. The molecule has 3 aliphatic rings. The average Bonchev–Trinajstić information content (AvgIpc) is 2.60. The molecule has 1 saturated carbocycles. The Labute approximate surface area is 96.9 Å². The molecule has 2 aliphatic heterocycles. The van der Waals surface area contributed by atoms with Crippen LogP contribution in [-0.4, -0.2) is 47.6 Å². The molecule has 1 aliphatic carbocycles. The number of carbonyl (C=O) groups is 1. The van der Waals surface area contributed by atoms with E-state index in [9.17, 15) is 4.79 Å². The van der Waals surface area contributed by atoms with E-state index in [1.54, 1.807) is 0 Å². The molecule has 1 amide bonds. The van der Waals surface area contributed by atoms with Gasteiger partial charge in [-0.2, -0.15) is 0 Å². The highest BCUT2D eigenvalue weighted by molar-refractivity contribution is 5.78. The van der Waals surface area contributed by atoms with E-state index in [-0.39, 0.29) is 0 Å². The molecule has 4 nitrogen and oxygen atoms in total. The Bertz CT molecular complexity index is 271. The summed E-state index contributed by atoms with van der Waals surface area (Å²) in [4.78, 5) is 11.9. The third-order valence-corrected chi connectivity index (χ3v) is 4.24. The Morgan fingerprint density at radius 3 is 2.44 bits per heavy atom. The fourth-order valence-electron chi connectivity index (χ4n) is 3.08. The van der Waals surface area contributed by atoms with Gasteiger partial charge in [-0.05, 0) is 45.2 Å². The number of nitrogens with zero attached hydrogens (tertiary/aromatic N) is 2. The second kappa shape index (κ2) is 4.34. The topological polar surface area (TPSA) is 35.6 Å². The van der Waals surface area contributed by atoms with Crippen LogP contribution < -0.4 is 5.32 Å². The van der Waals surface area contributed by atoms with Crippen molar-refractivity contribution in [1.82, 2.24) is 15.3 Å². The molecular formula is C12H21N3O. The van der Waals surface area contributed by atoms with Crippen LogP contribution in [0.25, 0.3) is 0 Å². The largest absolute Gasteiger partial charge is 0.317 e. The van der Waals surface area contributed by atoms with Gasteiger partial charge in [-0.1, -0.05) is 0 Å². The quantitative estimate of drug-likeness (QED) is 0.750. The lowest BCUT2D eigenvalue weighted by Gasteiger charge is -2.44. The smallest absolute Gasteiger partial charge is 0.238 e. The first-order valence-corrected chi connectivity index (χ1v) is 6.65. The zero-order chi connectivity index (χ0) is 11.0. The zero-order valence-electron chi connectivity index (χ0n) is 9.82. The Morgan fingerprint density at radius 2 is 1.81 bits per heavy atom. The van der Waals surface area contributed by atoms with Gasteiger partial charge in [-0.15, -0.1) is 0 Å². The van der Waals surface area contributed by atoms with Crippen molar-refractivity contribution in [2.24, 2.45) is 0 Å². The Kier molecular flexibility index (Phi) is 2.86. The van der Waals surface area contributed by atoms with Crippen molar-refractivity contribution < 1.29 is 4.79 Å². The van der Waals surface area contributed by atoms with E-state index in [4.69, 9.17) is 0 Å². The van der Waals surface area contributed by atoms with Gasteiger partial charge in [0.2, 0.25) is 5.91 Å². The lowest BCUT2D eigenvalue weighted by atomic mass is 9.92. The Balaban J connectivity index is 1.69. The first-order chi connectivity index (χ1) is 7.86. The summed E-state index contributed by atoms with van der Waals surface area (Å²) in [6.45, 7) is 3.17. The maximum Gasteiger partial charge on any atom is 0.238 e. The van der Waals surface area contributed by atoms with Gasteiger partial charge in [-0.25, -0.2) is 5.01 Å². The van der Waals surface area contributed by atoms with Crippen molar-refractivity contribution in [3.05, 3.63) is 0 Å². The summed E-state index contributed by atoms with van der Waals surface area (Å²) in [5.41, 5.74) is 0. The van der Waals surface area contributed by atoms with E-state index in [1.807, 2.05) is 0 Å². The monoisotopic (exact) mass is 223 g/mol. The van der Waals surface area contributed by atoms with Gasteiger partial charge < -0.3 is 5.32 Å². The third-order valence-electron chi connectivity index (χ3n) is 4.24. The molecule has 4 heteroatoms. The molecule has 0 atom stereocenters. The molecular weight excluding hydrogens is 202 g/mol. The maximum atomic E-state index is 11.9. The van der Waals surface area contributed by atoms with Gasteiger partial charge in [-0.3, -0.25) is 9.80 Å². The number of rotatable bonds is 2. The minimum Gasteiger partial charge on any atom is -0.317 e. The minimum absolute atomic E-state index is 0.364. The molecule has 2 heterocycles. The highest BCUT2D eigenvalue weighted by atomic mass is 16.2. The summed E-state index contributed by atoms with van der Waals surface area (Å²) in [5.74, 6) is 0.364. The Morgan fingerprint density at radius 1 is 1.06 bits per heavy atom. The average molecular weight is 223 g/mol. The molecule has 90 valence electrons. The molecule has 3 fully saturated rings. The standard InChI is InChI=1S/C12H21N3O/c16-12-6-9-14(10-4-7-13-8-5-10)15(12)11-2-1-3-11/h10-11,13H,1-9H2. The SMILES string of the molecule is O=C1CCN(C2CCNCC2)N1C1CCC1. The molecule has 0 aromatic rings. The van der Waals surface area contributed by atoms with Crippen molar-refractivity contribution in [2.75, 3.05) is 19.6 Å². The number of hydrogen-bond donors (Lipinski definition) is 1. The van der Waals surface area contributed by atoms with Crippen LogP contribution in [0.4, 0.5) is 0 Å². The van der Waals surface area contributed by atoms with E-state index >= 15 is 0 Å². The van der Waals surface area contributed by atoms with E-state index < -0.39 is 0 Å². The normalized spacial score (nSPS) is 29.8. The summed E-state index contributed by atoms with van der Waals surface area (Å²) < 4.78 is 0. The molecule has 0 unspecified atom stereocenters. The van der Waals surface area contributed by atoms with Crippen LogP contribution in [-0.2, 0) is 4.79 Å². The molecule has 2 saturated heterocycles. The van der Waals surface area contributed by atoms with E-state index in [2.05, 4.69) is 15.3 Å². The van der Waals surface area contributed by atoms with Crippen LogP contribution >= 0.6 is 0 Å². The van der Waals surface area contributed by atoms with E-state index in [0.717, 1.165) is 26.1 Å². The van der Waals surface area contributed by atoms with Crippen molar-refractivity contribution >= 4 is 5.91 Å². The summed E-state index contributed by atoms with van der Waals surface area (Å²) >= 11 is 0. The van der Waals surface area contributed by atoms with Crippen LogP contribution in [0, 0.1) is 0 Å². The molecule has 0 aromatic carbocycles. The first kappa shape index (κ1) is 10.5. The van der Waals surface area contributed by atoms with Crippen LogP contribution in [0.2, 0.25) is 0 Å². The summed E-state index contributed by atoms with van der Waals surface area (Å²) in [7, 11) is 0. The number of nitrogens with one attached hydrogen (secondary N) is 1. The number of amides is 1. The molecule has 3 rings (SSSR count). The van der Waals surface area contributed by atoms with E-state index in [1.165, 1.54) is 32.1 Å². The van der Waals surface area contributed by atoms with Crippen LogP contribution in [0.1, 0.15) is 38.5 Å². The summed E-state index contributed by atoms with van der Waals surface area (Å²) in [5, 5.41) is 7.88. The summed E-state index contributed by atoms with van der Waals surface area (Å²) in [6, 6.07) is 1.14. The third kappa shape index (κ3) is 1.74. The molecule has 16 heavy (non-hydrogen) atoms. The second-order valence-corrected chi connectivity index (χ2v) is 5.22. The maximum absolute atomic E-state index is 11.9. The van der Waals surface area contributed by atoms with Crippen molar-refractivity contribution in [2.45, 2.75) is 50.6 Å². The number of piperidine rings is 1. The van der Waals surface area contributed by atoms with Crippen LogP contribution in [0.5, 0.6) is 0 Å². The van der Waals surface area contributed by atoms with Crippen LogP contribution in [0.15, 0.2) is 0 Å². The first-order valence-electron chi connectivity index (χ1n) is 6.65. The fourth-order valence-corrected chi connectivity index (χ4v) is 3.08. The van der Waals surface area contributed by atoms with Gasteiger partial charge in [0.05, 0.1) is 0 Å². The van der Waals surface area contributed by atoms with Crippen molar-refractivity contribution in [1.29, 1.82) is 0 Å². The zero-order valence-corrected chi connectivity index (χ0v) is 9.82. The molecule has 0 spiro atoms. The van der Waals surface area contributed by atoms with Gasteiger partial charge in [0.25, 0.3) is 0 Å². The Hall–Kier alpha value is -0.610. The number of carbonyl (C=O) groups excluding carboxylic acids is 1. The van der Waals surface area contributed by atoms with Gasteiger partial charge in [0.15, 0.2) is 0 Å². The molecule has 0 bridgehead atoms. The summed E-state index contributed by atoms with van der Waals surface area (Å²) in [6.07, 6.45) is 6.85. The van der Waals surface area contributed by atoms with E-state index in [0.29, 0.717) is 18.0 Å². The van der Waals surface area contributed by atoms with Gasteiger partial charge in [0, 0.05) is 25.0 Å². The number of hydrazine groups is 1. The van der Waals surface area contributed by atoms with Gasteiger partial charge >= 0.3 is 0 Å². The van der Waals surface area contributed by atoms with Crippen molar-refractivity contribution in [3.8, 4) is 0 Å². The highest BCUT2D eigenvalue weighted by Crippen LogP contribution is 2.32. The predicted molar refractivity (Wildman–Crippen MR) is 61.7 cm³/mol. The fraction of sp³-hybridized carbons (Fsp3) is 0.917.